The lowest BCUT2D eigenvalue weighted by molar-refractivity contribution is -0.142. The highest BCUT2D eigenvalue weighted by Crippen LogP contribution is 2.26. The van der Waals surface area contributed by atoms with Gasteiger partial charge in [-0.3, -0.25) is 0 Å². The van der Waals surface area contributed by atoms with E-state index in [1.54, 1.807) is 12.1 Å². The van der Waals surface area contributed by atoms with Crippen LogP contribution in [0.25, 0.3) is 10.9 Å². The molecule has 0 radical (unpaired) electrons. The lowest BCUT2D eigenvalue weighted by Crippen LogP contribution is -2.47. The van der Waals surface area contributed by atoms with Crippen LogP contribution >= 0.6 is 0 Å². The summed E-state index contributed by atoms with van der Waals surface area (Å²) in [6.07, 6.45) is 0.360. The first-order chi connectivity index (χ1) is 10.1. The molecule has 1 unspecified atom stereocenters. The molecular formula is C15H13N3O3. The van der Waals surface area contributed by atoms with E-state index in [0.29, 0.717) is 29.9 Å². The van der Waals surface area contributed by atoms with E-state index in [9.17, 15) is 15.2 Å². The van der Waals surface area contributed by atoms with E-state index in [1.807, 2.05) is 18.2 Å². The molecule has 6 heteroatoms. The largest absolute Gasteiger partial charge is 0.479 e. The van der Waals surface area contributed by atoms with Gasteiger partial charge in [-0.15, -0.1) is 0 Å². The summed E-state index contributed by atoms with van der Waals surface area (Å²) in [4.78, 5) is 15.9. The zero-order valence-corrected chi connectivity index (χ0v) is 11.2. The van der Waals surface area contributed by atoms with E-state index in [4.69, 9.17) is 4.74 Å². The number of pyridine rings is 1. The zero-order valence-electron chi connectivity index (χ0n) is 11.2. The topological polar surface area (TPSA) is 95.2 Å². The SMILES string of the molecule is N#Cc1cc(NC2(C(=O)O)CCOC2)nc2ccccc12. The average molecular weight is 283 g/mol. The third-order valence-corrected chi connectivity index (χ3v) is 3.64. The van der Waals surface area contributed by atoms with Crippen LogP contribution in [0.1, 0.15) is 12.0 Å². The fourth-order valence-electron chi connectivity index (χ4n) is 2.46. The Balaban J connectivity index is 2.05. The number of nitrogens with one attached hydrogen (secondary N) is 1. The van der Waals surface area contributed by atoms with Crippen LogP contribution in [0.3, 0.4) is 0 Å². The predicted octanol–water partition coefficient (Wildman–Crippen LogP) is 1.76. The molecule has 0 saturated carbocycles. The summed E-state index contributed by atoms with van der Waals surface area (Å²) in [5.41, 5.74) is -0.0663. The number of rotatable bonds is 3. The van der Waals surface area contributed by atoms with Gasteiger partial charge in [0.2, 0.25) is 0 Å². The average Bonchev–Trinajstić information content (AvgIpc) is 2.96. The maximum Gasteiger partial charge on any atom is 0.331 e. The van der Waals surface area contributed by atoms with Gasteiger partial charge in [0.15, 0.2) is 5.54 Å². The molecule has 0 spiro atoms. The Bertz CT molecular complexity index is 745. The van der Waals surface area contributed by atoms with Gasteiger partial charge < -0.3 is 15.2 Å². The van der Waals surface area contributed by atoms with Crippen LogP contribution in [0.4, 0.5) is 5.82 Å². The number of hydrogen-bond acceptors (Lipinski definition) is 5. The van der Waals surface area contributed by atoms with Gasteiger partial charge in [-0.05, 0) is 12.1 Å². The summed E-state index contributed by atoms with van der Waals surface area (Å²) in [5, 5.41) is 22.4. The monoisotopic (exact) mass is 283 g/mol. The van der Waals surface area contributed by atoms with Crippen molar-refractivity contribution in [2.45, 2.75) is 12.0 Å². The molecule has 1 aliphatic rings. The number of carboxylic acids is 1. The summed E-state index contributed by atoms with van der Waals surface area (Å²) in [6.45, 7) is 0.469. The molecule has 1 fully saturated rings. The van der Waals surface area contributed by atoms with Crippen LogP contribution in [0.5, 0.6) is 0 Å². The highest BCUT2D eigenvalue weighted by atomic mass is 16.5. The molecule has 21 heavy (non-hydrogen) atoms. The van der Waals surface area contributed by atoms with Crippen LogP contribution < -0.4 is 5.32 Å². The second kappa shape index (κ2) is 5.04. The first kappa shape index (κ1) is 13.3. The Kier molecular flexibility index (Phi) is 3.20. The molecular weight excluding hydrogens is 270 g/mol. The van der Waals surface area contributed by atoms with E-state index in [2.05, 4.69) is 16.4 Å². The Labute approximate surface area is 121 Å². The number of carbonyl (C=O) groups is 1. The molecule has 2 aromatic rings. The number of aromatic nitrogens is 1. The van der Waals surface area contributed by atoms with E-state index in [1.165, 1.54) is 0 Å². The molecule has 1 atom stereocenters. The van der Waals surface area contributed by atoms with Crippen molar-refractivity contribution in [3.05, 3.63) is 35.9 Å². The number of benzene rings is 1. The minimum atomic E-state index is -1.18. The molecule has 2 heterocycles. The third kappa shape index (κ3) is 2.28. The van der Waals surface area contributed by atoms with Gasteiger partial charge in [0.25, 0.3) is 0 Å². The van der Waals surface area contributed by atoms with Gasteiger partial charge in [-0.2, -0.15) is 5.26 Å². The molecule has 1 aromatic heterocycles. The first-order valence-electron chi connectivity index (χ1n) is 6.54. The van der Waals surface area contributed by atoms with E-state index >= 15 is 0 Å². The van der Waals surface area contributed by atoms with Crippen LogP contribution in [0, 0.1) is 11.3 Å². The Morgan fingerprint density at radius 3 is 2.95 bits per heavy atom. The molecule has 2 N–H and O–H groups in total. The van der Waals surface area contributed by atoms with E-state index < -0.39 is 11.5 Å². The number of ether oxygens (including phenoxy) is 1. The Hall–Kier alpha value is -2.65. The van der Waals surface area contributed by atoms with Crippen molar-refractivity contribution in [1.29, 1.82) is 5.26 Å². The Morgan fingerprint density at radius 2 is 2.29 bits per heavy atom. The van der Waals surface area contributed by atoms with E-state index in [-0.39, 0.29) is 6.61 Å². The van der Waals surface area contributed by atoms with Crippen molar-refractivity contribution >= 4 is 22.7 Å². The minimum Gasteiger partial charge on any atom is -0.479 e. The number of carboxylic acid groups (broad SMARTS) is 1. The normalized spacial score (nSPS) is 21.1. The lowest BCUT2D eigenvalue weighted by atomic mass is 9.99. The smallest absolute Gasteiger partial charge is 0.331 e. The van der Waals surface area contributed by atoms with Crippen molar-refractivity contribution in [2.75, 3.05) is 18.5 Å². The first-order valence-corrected chi connectivity index (χ1v) is 6.54. The minimum absolute atomic E-state index is 0.0821. The number of para-hydroxylation sites is 1. The summed E-state index contributed by atoms with van der Waals surface area (Å²) in [6, 6.07) is 11.0. The molecule has 0 amide bonds. The number of anilines is 1. The maximum absolute atomic E-state index is 11.5. The number of nitrogens with zero attached hydrogens (tertiary/aromatic N) is 2. The number of nitriles is 1. The number of hydrogen-bond donors (Lipinski definition) is 2. The Morgan fingerprint density at radius 1 is 1.48 bits per heavy atom. The van der Waals surface area contributed by atoms with Gasteiger partial charge in [-0.25, -0.2) is 9.78 Å². The molecule has 6 nitrogen and oxygen atoms in total. The van der Waals surface area contributed by atoms with Crippen molar-refractivity contribution in [1.82, 2.24) is 4.98 Å². The molecule has 1 aromatic carbocycles. The van der Waals surface area contributed by atoms with E-state index in [0.717, 1.165) is 5.39 Å². The van der Waals surface area contributed by atoms with Gasteiger partial charge in [-0.1, -0.05) is 18.2 Å². The number of fused-ring (bicyclic) bond motifs is 1. The predicted molar refractivity (Wildman–Crippen MR) is 75.9 cm³/mol. The molecule has 0 bridgehead atoms. The maximum atomic E-state index is 11.5. The highest BCUT2D eigenvalue weighted by Gasteiger charge is 2.43. The zero-order chi connectivity index (χ0) is 14.9. The summed E-state index contributed by atoms with van der Waals surface area (Å²) < 4.78 is 5.20. The fourth-order valence-corrected chi connectivity index (χ4v) is 2.46. The molecule has 3 rings (SSSR count). The van der Waals surface area contributed by atoms with Crippen LogP contribution in [0.15, 0.2) is 30.3 Å². The second-order valence-electron chi connectivity index (χ2n) is 5.00. The van der Waals surface area contributed by atoms with Gasteiger partial charge >= 0.3 is 5.97 Å². The quantitative estimate of drug-likeness (QED) is 0.891. The second-order valence-corrected chi connectivity index (χ2v) is 5.00. The molecule has 0 aliphatic carbocycles. The van der Waals surface area contributed by atoms with Crippen molar-refractivity contribution < 1.29 is 14.6 Å². The number of aliphatic carboxylic acids is 1. The lowest BCUT2D eigenvalue weighted by Gasteiger charge is -2.24. The fraction of sp³-hybridized carbons (Fsp3) is 0.267. The molecule has 1 saturated heterocycles. The summed E-state index contributed by atoms with van der Waals surface area (Å²) in [5.74, 6) is -0.605. The molecule has 106 valence electrons. The van der Waals surface area contributed by atoms with Crippen LogP contribution in [-0.4, -0.2) is 34.8 Å². The van der Waals surface area contributed by atoms with Crippen molar-refractivity contribution in [3.63, 3.8) is 0 Å². The summed E-state index contributed by atoms with van der Waals surface area (Å²) in [7, 11) is 0. The van der Waals surface area contributed by atoms with Gasteiger partial charge in [0, 0.05) is 18.4 Å². The van der Waals surface area contributed by atoms with Crippen LogP contribution in [0.2, 0.25) is 0 Å². The van der Waals surface area contributed by atoms with Gasteiger partial charge in [0.1, 0.15) is 5.82 Å². The highest BCUT2D eigenvalue weighted by molar-refractivity contribution is 5.88. The van der Waals surface area contributed by atoms with Crippen molar-refractivity contribution in [2.24, 2.45) is 0 Å². The summed E-state index contributed by atoms with van der Waals surface area (Å²) >= 11 is 0. The van der Waals surface area contributed by atoms with Gasteiger partial charge in [0.05, 0.1) is 23.8 Å². The van der Waals surface area contributed by atoms with Crippen LogP contribution in [-0.2, 0) is 9.53 Å². The standard InChI is InChI=1S/C15H13N3O3/c16-8-10-7-13(17-12-4-2-1-3-11(10)12)18-15(14(19)20)5-6-21-9-15/h1-4,7H,5-6,9H2,(H,17,18)(H,19,20). The molecule has 1 aliphatic heterocycles. The third-order valence-electron chi connectivity index (χ3n) is 3.64. The van der Waals surface area contributed by atoms with Crippen molar-refractivity contribution in [3.8, 4) is 6.07 Å².